The lowest BCUT2D eigenvalue weighted by Gasteiger charge is -2.24. The van der Waals surface area contributed by atoms with Crippen molar-refractivity contribution in [1.82, 2.24) is 14.3 Å². The Morgan fingerprint density at radius 1 is 1.24 bits per heavy atom. The maximum absolute atomic E-state index is 13.2. The van der Waals surface area contributed by atoms with Crippen LogP contribution in [0.4, 0.5) is 5.69 Å². The molecule has 0 bridgehead atoms. The van der Waals surface area contributed by atoms with Crippen LogP contribution in [0.2, 0.25) is 0 Å². The van der Waals surface area contributed by atoms with Gasteiger partial charge in [0.25, 0.3) is 0 Å². The van der Waals surface area contributed by atoms with Crippen molar-refractivity contribution < 1.29 is 14.3 Å². The van der Waals surface area contributed by atoms with E-state index in [1.165, 1.54) is 0 Å². The molecule has 0 N–H and O–H groups in total. The molecule has 3 heterocycles. The van der Waals surface area contributed by atoms with E-state index in [4.69, 9.17) is 4.74 Å². The highest BCUT2D eigenvalue weighted by atomic mass is 16.5. The zero-order chi connectivity index (χ0) is 20.4. The van der Waals surface area contributed by atoms with Gasteiger partial charge in [-0.05, 0) is 43.3 Å². The Hall–Kier alpha value is -3.35. The fourth-order valence-corrected chi connectivity index (χ4v) is 3.79. The summed E-state index contributed by atoms with van der Waals surface area (Å²) in [6, 6.07) is 13.1. The van der Waals surface area contributed by atoms with E-state index in [9.17, 15) is 9.59 Å². The van der Waals surface area contributed by atoms with Gasteiger partial charge in [-0.15, -0.1) is 0 Å². The first kappa shape index (κ1) is 19.0. The lowest BCUT2D eigenvalue weighted by atomic mass is 10.1. The largest absolute Gasteiger partial charge is 0.497 e. The van der Waals surface area contributed by atoms with Crippen LogP contribution >= 0.6 is 0 Å². The van der Waals surface area contributed by atoms with E-state index in [1.807, 2.05) is 60.0 Å². The summed E-state index contributed by atoms with van der Waals surface area (Å²) < 4.78 is 7.16. The molecule has 2 amide bonds. The summed E-state index contributed by atoms with van der Waals surface area (Å²) >= 11 is 0. The van der Waals surface area contributed by atoms with Crippen molar-refractivity contribution in [2.24, 2.45) is 5.92 Å². The quantitative estimate of drug-likeness (QED) is 0.647. The molecule has 1 unspecified atom stereocenters. The first-order valence-electron chi connectivity index (χ1n) is 9.75. The molecule has 4 rings (SSSR count). The molecule has 0 spiro atoms. The molecule has 0 saturated carbocycles. The smallest absolute Gasteiger partial charge is 0.228 e. The Kier molecular flexibility index (Phi) is 5.20. The second-order valence-electron chi connectivity index (χ2n) is 7.13. The van der Waals surface area contributed by atoms with E-state index in [-0.39, 0.29) is 24.2 Å². The molecule has 1 aliphatic heterocycles. The molecule has 0 radical (unpaired) electrons. The third-order valence-electron chi connectivity index (χ3n) is 5.40. The Labute approximate surface area is 169 Å². The van der Waals surface area contributed by atoms with Gasteiger partial charge >= 0.3 is 0 Å². The topological polar surface area (TPSA) is 67.2 Å². The van der Waals surface area contributed by atoms with Gasteiger partial charge in [0.15, 0.2) is 0 Å². The summed E-state index contributed by atoms with van der Waals surface area (Å²) in [5.74, 6) is 0.365. The minimum atomic E-state index is -0.344. The first-order valence-corrected chi connectivity index (χ1v) is 9.75. The molecule has 7 nitrogen and oxygen atoms in total. The maximum atomic E-state index is 13.2. The summed E-state index contributed by atoms with van der Waals surface area (Å²) in [6.07, 6.45) is 3.98. The zero-order valence-electron chi connectivity index (χ0n) is 16.6. The third kappa shape index (κ3) is 3.68. The Morgan fingerprint density at radius 2 is 2.03 bits per heavy atom. The second-order valence-corrected chi connectivity index (χ2v) is 7.13. The molecule has 1 saturated heterocycles. The van der Waals surface area contributed by atoms with Crippen molar-refractivity contribution in [2.45, 2.75) is 19.9 Å². The van der Waals surface area contributed by atoms with Crippen LogP contribution in [0.1, 0.15) is 19.0 Å². The summed E-state index contributed by atoms with van der Waals surface area (Å²) in [7, 11) is 1.60. The van der Waals surface area contributed by atoms with E-state index in [1.54, 1.807) is 23.1 Å². The van der Waals surface area contributed by atoms with Gasteiger partial charge in [0.05, 0.1) is 31.5 Å². The summed E-state index contributed by atoms with van der Waals surface area (Å²) in [5, 5.41) is 0. The van der Waals surface area contributed by atoms with Crippen LogP contribution in [0.15, 0.2) is 54.9 Å². The minimum absolute atomic E-state index is 0.00254. The molecule has 29 heavy (non-hydrogen) atoms. The fraction of sp³-hybridized carbons (Fsp3) is 0.318. The number of fused-ring (bicyclic) bond motifs is 1. The SMILES string of the molecule is CCN(Cc1cnc2ccccn12)C(=O)C1CC(=O)N(c2ccc(OC)cc2)C1. The monoisotopic (exact) mass is 392 g/mol. The summed E-state index contributed by atoms with van der Waals surface area (Å²) in [5.41, 5.74) is 2.59. The minimum Gasteiger partial charge on any atom is -0.497 e. The molecule has 1 aliphatic rings. The van der Waals surface area contributed by atoms with Crippen LogP contribution in [-0.4, -0.2) is 46.3 Å². The lowest BCUT2D eigenvalue weighted by molar-refractivity contribution is -0.136. The van der Waals surface area contributed by atoms with Crippen LogP contribution in [0.25, 0.3) is 5.65 Å². The summed E-state index contributed by atoms with van der Waals surface area (Å²) in [6.45, 7) is 3.40. The Bertz CT molecular complexity index is 1030. The van der Waals surface area contributed by atoms with Gasteiger partial charge < -0.3 is 18.9 Å². The molecule has 1 aromatic carbocycles. The number of rotatable bonds is 6. The van der Waals surface area contributed by atoms with Gasteiger partial charge in [-0.3, -0.25) is 9.59 Å². The number of benzene rings is 1. The van der Waals surface area contributed by atoms with Gasteiger partial charge in [0.1, 0.15) is 11.4 Å². The number of anilines is 1. The van der Waals surface area contributed by atoms with Gasteiger partial charge in [-0.1, -0.05) is 6.07 Å². The number of imidazole rings is 1. The van der Waals surface area contributed by atoms with Gasteiger partial charge in [0, 0.05) is 31.4 Å². The number of amides is 2. The molecule has 0 aliphatic carbocycles. The van der Waals surface area contributed by atoms with Gasteiger partial charge in [0.2, 0.25) is 11.8 Å². The lowest BCUT2D eigenvalue weighted by Crippen LogP contribution is -2.37. The van der Waals surface area contributed by atoms with Crippen LogP contribution in [-0.2, 0) is 16.1 Å². The number of nitrogens with zero attached hydrogens (tertiary/aromatic N) is 4. The zero-order valence-corrected chi connectivity index (χ0v) is 16.6. The van der Waals surface area contributed by atoms with E-state index in [2.05, 4.69) is 4.98 Å². The fourth-order valence-electron chi connectivity index (χ4n) is 3.79. The summed E-state index contributed by atoms with van der Waals surface area (Å²) in [4.78, 5) is 33.6. The van der Waals surface area contributed by atoms with Crippen molar-refractivity contribution in [3.8, 4) is 5.75 Å². The Balaban J connectivity index is 1.48. The number of carbonyl (C=O) groups excluding carboxylic acids is 2. The Morgan fingerprint density at radius 3 is 2.76 bits per heavy atom. The highest BCUT2D eigenvalue weighted by molar-refractivity contribution is 6.00. The average Bonchev–Trinajstić information content (AvgIpc) is 3.35. The standard InChI is InChI=1S/C22H24N4O3/c1-3-24(15-18-13-23-20-6-4-5-11-25(18)20)22(28)16-12-21(27)26(14-16)17-7-9-19(29-2)10-8-17/h4-11,13,16H,3,12,14-15H2,1-2H3. The van der Waals surface area contributed by atoms with Gasteiger partial charge in [-0.2, -0.15) is 0 Å². The third-order valence-corrected chi connectivity index (χ3v) is 5.40. The molecular formula is C22H24N4O3. The van der Waals surface area contributed by atoms with Gasteiger partial charge in [-0.25, -0.2) is 4.98 Å². The van der Waals surface area contributed by atoms with Crippen molar-refractivity contribution in [2.75, 3.05) is 25.1 Å². The first-order chi connectivity index (χ1) is 14.1. The molecule has 2 aromatic heterocycles. The predicted molar refractivity (Wildman–Crippen MR) is 110 cm³/mol. The number of hydrogen-bond donors (Lipinski definition) is 0. The molecule has 150 valence electrons. The maximum Gasteiger partial charge on any atom is 0.228 e. The molecular weight excluding hydrogens is 368 g/mol. The van der Waals surface area contributed by atoms with Crippen LogP contribution < -0.4 is 9.64 Å². The van der Waals surface area contributed by atoms with Crippen molar-refractivity contribution >= 4 is 23.1 Å². The van der Waals surface area contributed by atoms with Crippen LogP contribution in [0.5, 0.6) is 5.75 Å². The van der Waals surface area contributed by atoms with E-state index in [0.717, 1.165) is 22.8 Å². The van der Waals surface area contributed by atoms with Crippen LogP contribution in [0, 0.1) is 5.92 Å². The van der Waals surface area contributed by atoms with E-state index >= 15 is 0 Å². The molecule has 1 fully saturated rings. The van der Waals surface area contributed by atoms with E-state index in [0.29, 0.717) is 19.6 Å². The molecule has 7 heteroatoms. The average molecular weight is 392 g/mol. The predicted octanol–water partition coefficient (Wildman–Crippen LogP) is 2.74. The number of hydrogen-bond acceptors (Lipinski definition) is 4. The number of aromatic nitrogens is 2. The van der Waals surface area contributed by atoms with Crippen molar-refractivity contribution in [3.63, 3.8) is 0 Å². The highest BCUT2D eigenvalue weighted by Crippen LogP contribution is 2.28. The van der Waals surface area contributed by atoms with Crippen LogP contribution in [0.3, 0.4) is 0 Å². The highest BCUT2D eigenvalue weighted by Gasteiger charge is 2.37. The van der Waals surface area contributed by atoms with Crippen molar-refractivity contribution in [3.05, 3.63) is 60.6 Å². The van der Waals surface area contributed by atoms with E-state index < -0.39 is 0 Å². The second kappa shape index (κ2) is 7.95. The number of carbonyl (C=O) groups is 2. The number of ether oxygens (including phenoxy) is 1. The van der Waals surface area contributed by atoms with Crippen molar-refractivity contribution in [1.29, 1.82) is 0 Å². The number of pyridine rings is 1. The molecule has 3 aromatic rings. The number of methoxy groups -OCH3 is 1. The molecule has 1 atom stereocenters. The normalized spacial score (nSPS) is 16.4.